The molecule has 1 rings (SSSR count). The molecule has 22 heavy (non-hydrogen) atoms. The Bertz CT molecular complexity index is 412. The molecule has 0 aliphatic heterocycles. The summed E-state index contributed by atoms with van der Waals surface area (Å²) >= 11 is 0. The van der Waals surface area contributed by atoms with Crippen LogP contribution in [0.15, 0.2) is 4.99 Å². The molecule has 1 saturated carbocycles. The molecule has 1 aliphatic rings. The van der Waals surface area contributed by atoms with Gasteiger partial charge in [0.1, 0.15) is 0 Å². The highest BCUT2D eigenvalue weighted by atomic mass is 16.5. The second-order valence-electron chi connectivity index (χ2n) is 6.33. The molecule has 7 heteroatoms. The van der Waals surface area contributed by atoms with Crippen molar-refractivity contribution >= 4 is 11.9 Å². The van der Waals surface area contributed by atoms with Gasteiger partial charge < -0.3 is 25.4 Å². The third kappa shape index (κ3) is 4.10. The molecule has 0 aromatic heterocycles. The van der Waals surface area contributed by atoms with Crippen LogP contribution in [0, 0.1) is 5.41 Å². The van der Waals surface area contributed by atoms with Gasteiger partial charge >= 0.3 is 0 Å². The smallest absolute Gasteiger partial charge is 0.239 e. The Morgan fingerprint density at radius 1 is 1.27 bits per heavy atom. The topological polar surface area (TPSA) is 84.0 Å². The summed E-state index contributed by atoms with van der Waals surface area (Å²) < 4.78 is 10.5. The predicted molar refractivity (Wildman–Crippen MR) is 87.0 cm³/mol. The van der Waals surface area contributed by atoms with Crippen LogP contribution in [0.2, 0.25) is 0 Å². The Kier molecular flexibility index (Phi) is 6.62. The number of carbonyl (C=O) groups is 1. The van der Waals surface area contributed by atoms with Gasteiger partial charge in [0.2, 0.25) is 5.91 Å². The summed E-state index contributed by atoms with van der Waals surface area (Å²) in [5.74, 6) is 0.535. The minimum atomic E-state index is -0.138. The lowest BCUT2D eigenvalue weighted by atomic mass is 9.56. The lowest BCUT2D eigenvalue weighted by Gasteiger charge is -2.59. The lowest BCUT2D eigenvalue weighted by Crippen LogP contribution is -2.69. The lowest BCUT2D eigenvalue weighted by molar-refractivity contribution is -0.176. The zero-order chi connectivity index (χ0) is 16.8. The molecule has 0 aromatic carbocycles. The second-order valence-corrected chi connectivity index (χ2v) is 6.33. The molecule has 1 amide bonds. The van der Waals surface area contributed by atoms with Crippen LogP contribution in [0.1, 0.15) is 27.2 Å². The van der Waals surface area contributed by atoms with Crippen LogP contribution < -0.4 is 16.0 Å². The number of hydrogen-bond acceptors (Lipinski definition) is 4. The number of methoxy groups -OCH3 is 2. The summed E-state index contributed by atoms with van der Waals surface area (Å²) in [5, 5.41) is 9.14. The Hall–Kier alpha value is -1.34. The van der Waals surface area contributed by atoms with E-state index in [2.05, 4.69) is 41.7 Å². The molecule has 0 aromatic rings. The summed E-state index contributed by atoms with van der Waals surface area (Å²) in [6, 6.07) is 0.250. The number of nitrogens with one attached hydrogen (secondary N) is 3. The van der Waals surface area contributed by atoms with Crippen LogP contribution in [0.4, 0.5) is 0 Å². The number of hydrogen-bond donors (Lipinski definition) is 3. The Labute approximate surface area is 133 Å². The quantitative estimate of drug-likeness (QED) is 0.353. The molecule has 128 valence electrons. The zero-order valence-corrected chi connectivity index (χ0v) is 14.6. The van der Waals surface area contributed by atoms with Gasteiger partial charge in [0, 0.05) is 39.3 Å². The monoisotopic (exact) mass is 314 g/mol. The van der Waals surface area contributed by atoms with E-state index >= 15 is 0 Å². The number of amides is 1. The maximum Gasteiger partial charge on any atom is 0.239 e. The van der Waals surface area contributed by atoms with Gasteiger partial charge in [-0.15, -0.1) is 0 Å². The molecule has 2 atom stereocenters. The summed E-state index contributed by atoms with van der Waals surface area (Å²) in [6.07, 6.45) is 0.900. The first kappa shape index (κ1) is 18.7. The van der Waals surface area contributed by atoms with Crippen molar-refractivity contribution in [2.45, 2.75) is 38.8 Å². The van der Waals surface area contributed by atoms with Gasteiger partial charge in [-0.25, -0.2) is 0 Å². The molecule has 0 bridgehead atoms. The SMILES string of the molecule is CN=C(NCC(=O)NCCOC)NC1CC(C)(OC)C1(C)C. The Morgan fingerprint density at radius 3 is 2.45 bits per heavy atom. The molecule has 0 heterocycles. The molecule has 1 fully saturated rings. The number of ether oxygens (including phenoxy) is 2. The van der Waals surface area contributed by atoms with Gasteiger partial charge in [-0.2, -0.15) is 0 Å². The van der Waals surface area contributed by atoms with Crippen molar-refractivity contribution in [3.8, 4) is 0 Å². The van der Waals surface area contributed by atoms with Crippen molar-refractivity contribution in [1.29, 1.82) is 0 Å². The van der Waals surface area contributed by atoms with E-state index in [1.54, 1.807) is 21.3 Å². The van der Waals surface area contributed by atoms with Gasteiger partial charge in [0.15, 0.2) is 5.96 Å². The van der Waals surface area contributed by atoms with Gasteiger partial charge in [0.05, 0.1) is 18.8 Å². The second kappa shape index (κ2) is 7.78. The van der Waals surface area contributed by atoms with Crippen molar-refractivity contribution in [3.63, 3.8) is 0 Å². The van der Waals surface area contributed by atoms with Crippen molar-refractivity contribution in [1.82, 2.24) is 16.0 Å². The maximum absolute atomic E-state index is 11.7. The van der Waals surface area contributed by atoms with Gasteiger partial charge in [-0.1, -0.05) is 13.8 Å². The van der Waals surface area contributed by atoms with E-state index in [0.29, 0.717) is 19.1 Å². The number of nitrogens with zero attached hydrogens (tertiary/aromatic N) is 1. The standard InChI is InChI=1S/C15H30N4O3/c1-14(2)11(9-15(14,3)22-6)19-13(16-4)18-10-12(20)17-7-8-21-5/h11H,7-10H2,1-6H3,(H,17,20)(H2,16,18,19). The van der Waals surface area contributed by atoms with E-state index in [-0.39, 0.29) is 29.5 Å². The van der Waals surface area contributed by atoms with Crippen LogP contribution in [0.5, 0.6) is 0 Å². The van der Waals surface area contributed by atoms with Crippen LogP contribution in [0.3, 0.4) is 0 Å². The number of carbonyl (C=O) groups excluding carboxylic acids is 1. The molecular weight excluding hydrogens is 284 g/mol. The average molecular weight is 314 g/mol. The van der Waals surface area contributed by atoms with E-state index in [0.717, 1.165) is 6.42 Å². The molecule has 0 radical (unpaired) electrons. The summed E-state index contributed by atoms with van der Waals surface area (Å²) in [4.78, 5) is 15.8. The first-order valence-corrected chi connectivity index (χ1v) is 7.58. The van der Waals surface area contributed by atoms with Gasteiger partial charge in [-0.05, 0) is 13.3 Å². The minimum absolute atomic E-state index is 0.0138. The maximum atomic E-state index is 11.7. The first-order chi connectivity index (χ1) is 10.3. The average Bonchev–Trinajstić information content (AvgIpc) is 2.50. The van der Waals surface area contributed by atoms with Crippen LogP contribution >= 0.6 is 0 Å². The van der Waals surface area contributed by atoms with Crippen molar-refractivity contribution in [2.24, 2.45) is 10.4 Å². The van der Waals surface area contributed by atoms with Crippen LogP contribution in [-0.4, -0.2) is 64.5 Å². The number of aliphatic imine (C=N–C) groups is 1. The van der Waals surface area contributed by atoms with Gasteiger partial charge in [-0.3, -0.25) is 9.79 Å². The number of rotatable bonds is 7. The fourth-order valence-electron chi connectivity index (χ4n) is 2.60. The third-order valence-corrected chi connectivity index (χ3v) is 4.86. The zero-order valence-electron chi connectivity index (χ0n) is 14.6. The summed E-state index contributed by atoms with van der Waals surface area (Å²) in [5.41, 5.74) is -0.152. The number of guanidine groups is 1. The van der Waals surface area contributed by atoms with Crippen molar-refractivity contribution in [2.75, 3.05) is 41.0 Å². The molecule has 3 N–H and O–H groups in total. The third-order valence-electron chi connectivity index (χ3n) is 4.86. The normalized spacial score (nSPS) is 27.0. The highest BCUT2D eigenvalue weighted by molar-refractivity contribution is 5.86. The Morgan fingerprint density at radius 2 is 1.95 bits per heavy atom. The van der Waals surface area contributed by atoms with E-state index in [1.807, 2.05) is 0 Å². The van der Waals surface area contributed by atoms with Gasteiger partial charge in [0.25, 0.3) is 0 Å². The summed E-state index contributed by atoms with van der Waals surface area (Å²) in [7, 11) is 5.04. The minimum Gasteiger partial charge on any atom is -0.383 e. The van der Waals surface area contributed by atoms with Crippen molar-refractivity contribution < 1.29 is 14.3 Å². The van der Waals surface area contributed by atoms with E-state index < -0.39 is 0 Å². The predicted octanol–water partition coefficient (Wildman–Crippen LogP) is 0.118. The highest BCUT2D eigenvalue weighted by Gasteiger charge is 2.58. The van der Waals surface area contributed by atoms with Crippen molar-refractivity contribution in [3.05, 3.63) is 0 Å². The first-order valence-electron chi connectivity index (χ1n) is 7.58. The molecular formula is C15H30N4O3. The van der Waals surface area contributed by atoms with E-state index in [9.17, 15) is 4.79 Å². The highest BCUT2D eigenvalue weighted by Crippen LogP contribution is 2.51. The van der Waals surface area contributed by atoms with Crippen LogP contribution in [-0.2, 0) is 14.3 Å². The fourth-order valence-corrected chi connectivity index (χ4v) is 2.60. The summed E-state index contributed by atoms with van der Waals surface area (Å²) in [6.45, 7) is 7.64. The molecule has 2 unspecified atom stereocenters. The molecule has 7 nitrogen and oxygen atoms in total. The largest absolute Gasteiger partial charge is 0.383 e. The molecule has 1 aliphatic carbocycles. The fraction of sp³-hybridized carbons (Fsp3) is 0.867. The van der Waals surface area contributed by atoms with E-state index in [4.69, 9.17) is 9.47 Å². The Balaban J connectivity index is 2.40. The van der Waals surface area contributed by atoms with Crippen LogP contribution in [0.25, 0.3) is 0 Å². The molecule has 0 saturated heterocycles. The molecule has 0 spiro atoms. The van der Waals surface area contributed by atoms with E-state index in [1.165, 1.54) is 0 Å².